The second kappa shape index (κ2) is 10.2. The summed E-state index contributed by atoms with van der Waals surface area (Å²) in [6.45, 7) is 6.80. The molecule has 4 heteroatoms. The predicted molar refractivity (Wildman–Crippen MR) is 86.6 cm³/mol. The number of methoxy groups -OCH3 is 1. The van der Waals surface area contributed by atoms with Crippen LogP contribution in [0.1, 0.15) is 32.3 Å². The van der Waals surface area contributed by atoms with Crippen LogP contribution in [0.4, 0.5) is 0 Å². The molecular weight excluding hydrogens is 264 g/mol. The molecule has 0 atom stereocenters. The third-order valence-electron chi connectivity index (χ3n) is 3.30. The van der Waals surface area contributed by atoms with Gasteiger partial charge in [-0.05, 0) is 43.0 Å². The first-order valence-electron chi connectivity index (χ1n) is 7.72. The lowest BCUT2D eigenvalue weighted by Gasteiger charge is -2.08. The van der Waals surface area contributed by atoms with Gasteiger partial charge in [0, 0.05) is 19.5 Å². The Balaban J connectivity index is 2.10. The molecule has 1 amide bonds. The molecule has 118 valence electrons. The lowest BCUT2D eigenvalue weighted by molar-refractivity contribution is -0.120. The van der Waals surface area contributed by atoms with Crippen molar-refractivity contribution >= 4 is 5.91 Å². The molecule has 1 rings (SSSR count). The Kier molecular flexibility index (Phi) is 8.51. The normalized spacial score (nSPS) is 10.7. The molecule has 1 aromatic rings. The van der Waals surface area contributed by atoms with Crippen molar-refractivity contribution in [3.63, 3.8) is 0 Å². The number of carbonyl (C=O) groups is 1. The van der Waals surface area contributed by atoms with Crippen LogP contribution < -0.4 is 15.4 Å². The molecule has 4 nitrogen and oxygen atoms in total. The van der Waals surface area contributed by atoms with Gasteiger partial charge in [-0.25, -0.2) is 0 Å². The Morgan fingerprint density at radius 3 is 2.76 bits per heavy atom. The van der Waals surface area contributed by atoms with Crippen molar-refractivity contribution < 1.29 is 9.53 Å². The highest BCUT2D eigenvalue weighted by molar-refractivity contribution is 5.76. The monoisotopic (exact) mass is 292 g/mol. The number of rotatable bonds is 10. The van der Waals surface area contributed by atoms with E-state index in [0.717, 1.165) is 31.7 Å². The van der Waals surface area contributed by atoms with E-state index in [1.165, 1.54) is 5.56 Å². The summed E-state index contributed by atoms with van der Waals surface area (Å²) < 4.78 is 5.18. The SMILES string of the molecule is COc1cccc(CCNC(=O)CCNCCC(C)C)c1. The summed E-state index contributed by atoms with van der Waals surface area (Å²) in [4.78, 5) is 11.7. The van der Waals surface area contributed by atoms with Crippen LogP contribution in [0.2, 0.25) is 0 Å². The second-order valence-corrected chi connectivity index (χ2v) is 5.63. The molecule has 0 aliphatic carbocycles. The average molecular weight is 292 g/mol. The van der Waals surface area contributed by atoms with Crippen LogP contribution in [-0.4, -0.2) is 32.7 Å². The summed E-state index contributed by atoms with van der Waals surface area (Å²) in [5.74, 6) is 1.66. The molecule has 0 fully saturated rings. The fourth-order valence-corrected chi connectivity index (χ4v) is 1.98. The summed E-state index contributed by atoms with van der Waals surface area (Å²) in [6, 6.07) is 7.93. The average Bonchev–Trinajstić information content (AvgIpc) is 2.47. The summed E-state index contributed by atoms with van der Waals surface area (Å²) in [5, 5.41) is 6.24. The predicted octanol–water partition coefficient (Wildman–Crippen LogP) is 2.38. The third kappa shape index (κ3) is 8.35. The molecule has 0 aliphatic heterocycles. The van der Waals surface area contributed by atoms with Gasteiger partial charge < -0.3 is 15.4 Å². The fourth-order valence-electron chi connectivity index (χ4n) is 1.98. The van der Waals surface area contributed by atoms with Crippen molar-refractivity contribution in [2.75, 3.05) is 26.7 Å². The molecule has 0 bridgehead atoms. The number of carbonyl (C=O) groups excluding carboxylic acids is 1. The van der Waals surface area contributed by atoms with Crippen molar-refractivity contribution in [3.8, 4) is 5.75 Å². The molecular formula is C17H28N2O2. The summed E-state index contributed by atoms with van der Waals surface area (Å²) in [6.07, 6.45) is 2.51. The molecule has 0 saturated carbocycles. The van der Waals surface area contributed by atoms with E-state index >= 15 is 0 Å². The quantitative estimate of drug-likeness (QED) is 0.651. The van der Waals surface area contributed by atoms with Crippen LogP contribution >= 0.6 is 0 Å². The second-order valence-electron chi connectivity index (χ2n) is 5.63. The van der Waals surface area contributed by atoms with E-state index in [9.17, 15) is 4.79 Å². The standard InChI is InChI=1S/C17H28N2O2/c1-14(2)7-10-18-11-9-17(20)19-12-8-15-5-4-6-16(13-15)21-3/h4-6,13-14,18H,7-12H2,1-3H3,(H,19,20). The molecule has 0 heterocycles. The van der Waals surface area contributed by atoms with Gasteiger partial charge in [-0.2, -0.15) is 0 Å². The molecule has 0 unspecified atom stereocenters. The summed E-state index contributed by atoms with van der Waals surface area (Å²) >= 11 is 0. The molecule has 21 heavy (non-hydrogen) atoms. The summed E-state index contributed by atoms with van der Waals surface area (Å²) in [5.41, 5.74) is 1.17. The first-order chi connectivity index (χ1) is 10.1. The molecule has 2 N–H and O–H groups in total. The topological polar surface area (TPSA) is 50.4 Å². The van der Waals surface area contributed by atoms with E-state index in [4.69, 9.17) is 4.74 Å². The molecule has 0 aromatic heterocycles. The first kappa shape index (κ1) is 17.5. The lowest BCUT2D eigenvalue weighted by atomic mass is 10.1. The summed E-state index contributed by atoms with van der Waals surface area (Å²) in [7, 11) is 1.66. The van der Waals surface area contributed by atoms with Gasteiger partial charge in [0.1, 0.15) is 5.75 Å². The van der Waals surface area contributed by atoms with Gasteiger partial charge in [-0.3, -0.25) is 4.79 Å². The van der Waals surface area contributed by atoms with E-state index < -0.39 is 0 Å². The van der Waals surface area contributed by atoms with E-state index in [1.54, 1.807) is 7.11 Å². The fraction of sp³-hybridized carbons (Fsp3) is 0.588. The maximum absolute atomic E-state index is 11.7. The highest BCUT2D eigenvalue weighted by atomic mass is 16.5. The van der Waals surface area contributed by atoms with Gasteiger partial charge in [0.15, 0.2) is 0 Å². The number of ether oxygens (including phenoxy) is 1. The van der Waals surface area contributed by atoms with Crippen LogP contribution in [0.25, 0.3) is 0 Å². The Bertz CT molecular complexity index is 419. The Labute approximate surface area is 128 Å². The molecule has 0 saturated heterocycles. The van der Waals surface area contributed by atoms with Gasteiger partial charge in [0.2, 0.25) is 5.91 Å². The van der Waals surface area contributed by atoms with Crippen LogP contribution in [0.15, 0.2) is 24.3 Å². The highest BCUT2D eigenvalue weighted by Gasteiger charge is 2.01. The van der Waals surface area contributed by atoms with Crippen molar-refractivity contribution in [2.24, 2.45) is 5.92 Å². The van der Waals surface area contributed by atoms with E-state index in [1.807, 2.05) is 24.3 Å². The Morgan fingerprint density at radius 2 is 2.05 bits per heavy atom. The zero-order chi connectivity index (χ0) is 15.5. The minimum Gasteiger partial charge on any atom is -0.497 e. The minimum absolute atomic E-state index is 0.106. The van der Waals surface area contributed by atoms with Crippen molar-refractivity contribution in [1.82, 2.24) is 10.6 Å². The number of hydrogen-bond acceptors (Lipinski definition) is 3. The third-order valence-corrected chi connectivity index (χ3v) is 3.30. The zero-order valence-electron chi connectivity index (χ0n) is 13.4. The first-order valence-corrected chi connectivity index (χ1v) is 7.72. The van der Waals surface area contributed by atoms with E-state index in [-0.39, 0.29) is 5.91 Å². The maximum atomic E-state index is 11.7. The lowest BCUT2D eigenvalue weighted by Crippen LogP contribution is -2.29. The van der Waals surface area contributed by atoms with Gasteiger partial charge in [-0.1, -0.05) is 26.0 Å². The van der Waals surface area contributed by atoms with Crippen LogP contribution in [0.3, 0.4) is 0 Å². The zero-order valence-corrected chi connectivity index (χ0v) is 13.4. The van der Waals surface area contributed by atoms with Crippen LogP contribution in [0, 0.1) is 5.92 Å². The minimum atomic E-state index is 0.106. The van der Waals surface area contributed by atoms with Crippen molar-refractivity contribution in [3.05, 3.63) is 29.8 Å². The van der Waals surface area contributed by atoms with Crippen LogP contribution in [-0.2, 0) is 11.2 Å². The smallest absolute Gasteiger partial charge is 0.221 e. The van der Waals surface area contributed by atoms with Gasteiger partial charge in [0.05, 0.1) is 7.11 Å². The van der Waals surface area contributed by atoms with Gasteiger partial charge in [0.25, 0.3) is 0 Å². The number of benzene rings is 1. The molecule has 1 aromatic carbocycles. The maximum Gasteiger partial charge on any atom is 0.221 e. The van der Waals surface area contributed by atoms with Gasteiger partial charge in [-0.15, -0.1) is 0 Å². The van der Waals surface area contributed by atoms with E-state index in [2.05, 4.69) is 24.5 Å². The largest absolute Gasteiger partial charge is 0.497 e. The molecule has 0 aliphatic rings. The van der Waals surface area contributed by atoms with Crippen molar-refractivity contribution in [1.29, 1.82) is 0 Å². The van der Waals surface area contributed by atoms with Crippen LogP contribution in [0.5, 0.6) is 5.75 Å². The number of hydrogen-bond donors (Lipinski definition) is 2. The molecule has 0 radical (unpaired) electrons. The Morgan fingerprint density at radius 1 is 1.24 bits per heavy atom. The van der Waals surface area contributed by atoms with Crippen molar-refractivity contribution in [2.45, 2.75) is 33.1 Å². The number of amides is 1. The van der Waals surface area contributed by atoms with Gasteiger partial charge >= 0.3 is 0 Å². The molecule has 0 spiro atoms. The number of nitrogens with one attached hydrogen (secondary N) is 2. The highest BCUT2D eigenvalue weighted by Crippen LogP contribution is 2.12. The Hall–Kier alpha value is -1.55. The van der Waals surface area contributed by atoms with E-state index in [0.29, 0.717) is 18.9 Å².